The standard InChI is InChI=1S/C19H24FN3O4/c1-2-3-4-18(24)21-12-15-13-23(19(25)27-15)14-5-6-17(16(20)11-14)22-7-9-26-10-8-22/h2,5-6,11,15H,1,3-4,7-10,12-13H2,(H,21,24). The lowest BCUT2D eigenvalue weighted by molar-refractivity contribution is -0.121. The molecule has 0 radical (unpaired) electrons. The number of anilines is 2. The van der Waals surface area contributed by atoms with Gasteiger partial charge in [0.15, 0.2) is 0 Å². The van der Waals surface area contributed by atoms with E-state index in [-0.39, 0.29) is 24.8 Å². The van der Waals surface area contributed by atoms with Crippen molar-refractivity contribution in [3.05, 3.63) is 36.7 Å². The summed E-state index contributed by atoms with van der Waals surface area (Å²) in [6.07, 6.45) is 1.61. The molecule has 27 heavy (non-hydrogen) atoms. The van der Waals surface area contributed by atoms with Crippen LogP contribution in [0.25, 0.3) is 0 Å². The van der Waals surface area contributed by atoms with Crippen molar-refractivity contribution in [1.29, 1.82) is 0 Å². The quantitative estimate of drug-likeness (QED) is 0.737. The van der Waals surface area contributed by atoms with Crippen LogP contribution >= 0.6 is 0 Å². The minimum absolute atomic E-state index is 0.120. The van der Waals surface area contributed by atoms with Gasteiger partial charge in [-0.2, -0.15) is 0 Å². The summed E-state index contributed by atoms with van der Waals surface area (Å²) < 4.78 is 25.1. The van der Waals surface area contributed by atoms with Crippen molar-refractivity contribution in [1.82, 2.24) is 5.32 Å². The van der Waals surface area contributed by atoms with Gasteiger partial charge in [0.25, 0.3) is 0 Å². The van der Waals surface area contributed by atoms with Gasteiger partial charge in [-0.1, -0.05) is 6.08 Å². The summed E-state index contributed by atoms with van der Waals surface area (Å²) in [7, 11) is 0. The number of halogens is 1. The maximum absolute atomic E-state index is 14.6. The van der Waals surface area contributed by atoms with E-state index >= 15 is 0 Å². The molecule has 3 rings (SSSR count). The van der Waals surface area contributed by atoms with Crippen molar-refractivity contribution in [2.45, 2.75) is 18.9 Å². The Morgan fingerprint density at radius 2 is 2.15 bits per heavy atom. The number of morpholine rings is 1. The SMILES string of the molecule is C=CCCC(=O)NCC1CN(c2ccc(N3CCOCC3)c(F)c2)C(=O)O1. The zero-order chi connectivity index (χ0) is 19.2. The van der Waals surface area contributed by atoms with E-state index in [1.807, 2.05) is 4.90 Å². The highest BCUT2D eigenvalue weighted by molar-refractivity contribution is 5.90. The number of carbonyl (C=O) groups excluding carboxylic acids is 2. The molecule has 0 spiro atoms. The van der Waals surface area contributed by atoms with Gasteiger partial charge in [0.2, 0.25) is 5.91 Å². The summed E-state index contributed by atoms with van der Waals surface area (Å²) >= 11 is 0. The molecule has 1 aromatic rings. The number of cyclic esters (lactones) is 1. The predicted molar refractivity (Wildman–Crippen MR) is 99.5 cm³/mol. The molecule has 1 atom stereocenters. The minimum Gasteiger partial charge on any atom is -0.442 e. The summed E-state index contributed by atoms with van der Waals surface area (Å²) in [5.41, 5.74) is 0.940. The van der Waals surface area contributed by atoms with Crippen LogP contribution in [0.3, 0.4) is 0 Å². The van der Waals surface area contributed by atoms with Gasteiger partial charge in [-0.25, -0.2) is 9.18 Å². The Hall–Kier alpha value is -2.61. The molecule has 7 nitrogen and oxygen atoms in total. The molecular formula is C19H24FN3O4. The van der Waals surface area contributed by atoms with Crippen molar-refractivity contribution < 1.29 is 23.5 Å². The van der Waals surface area contributed by atoms with E-state index in [0.29, 0.717) is 50.5 Å². The van der Waals surface area contributed by atoms with Crippen LogP contribution in [0.2, 0.25) is 0 Å². The van der Waals surface area contributed by atoms with Crippen LogP contribution in [0, 0.1) is 5.82 Å². The Labute approximate surface area is 157 Å². The average Bonchev–Trinajstić information content (AvgIpc) is 3.06. The van der Waals surface area contributed by atoms with Gasteiger partial charge in [-0.05, 0) is 24.6 Å². The number of carbonyl (C=O) groups is 2. The van der Waals surface area contributed by atoms with Gasteiger partial charge in [0.05, 0.1) is 37.7 Å². The highest BCUT2D eigenvalue weighted by Crippen LogP contribution is 2.28. The summed E-state index contributed by atoms with van der Waals surface area (Å²) in [4.78, 5) is 27.1. The fraction of sp³-hybridized carbons (Fsp3) is 0.474. The van der Waals surface area contributed by atoms with E-state index in [1.165, 1.54) is 11.0 Å². The first-order valence-corrected chi connectivity index (χ1v) is 9.06. The molecule has 1 N–H and O–H groups in total. The number of amides is 2. The maximum Gasteiger partial charge on any atom is 0.414 e. The smallest absolute Gasteiger partial charge is 0.414 e. The predicted octanol–water partition coefficient (Wildman–Crippen LogP) is 2.07. The molecule has 2 saturated heterocycles. The van der Waals surface area contributed by atoms with Crippen molar-refractivity contribution in [2.24, 2.45) is 0 Å². The van der Waals surface area contributed by atoms with Gasteiger partial charge in [0, 0.05) is 19.5 Å². The highest BCUT2D eigenvalue weighted by atomic mass is 19.1. The third-order valence-corrected chi connectivity index (χ3v) is 4.57. The van der Waals surface area contributed by atoms with E-state index in [4.69, 9.17) is 9.47 Å². The Bertz CT molecular complexity index is 706. The van der Waals surface area contributed by atoms with Crippen LogP contribution in [0.1, 0.15) is 12.8 Å². The molecule has 1 unspecified atom stereocenters. The number of ether oxygens (including phenoxy) is 2. The first kappa shape index (κ1) is 19.2. The van der Waals surface area contributed by atoms with Crippen LogP contribution in [0.5, 0.6) is 0 Å². The lowest BCUT2D eigenvalue weighted by Gasteiger charge is -2.29. The first-order valence-electron chi connectivity index (χ1n) is 9.06. The van der Waals surface area contributed by atoms with Crippen molar-refractivity contribution >= 4 is 23.4 Å². The maximum atomic E-state index is 14.6. The number of nitrogens with zero attached hydrogens (tertiary/aromatic N) is 2. The fourth-order valence-corrected chi connectivity index (χ4v) is 3.11. The second kappa shape index (κ2) is 8.85. The lowest BCUT2D eigenvalue weighted by Crippen LogP contribution is -2.37. The molecule has 8 heteroatoms. The van der Waals surface area contributed by atoms with Gasteiger partial charge < -0.3 is 19.7 Å². The molecule has 146 valence electrons. The van der Waals surface area contributed by atoms with Crippen molar-refractivity contribution in [3.8, 4) is 0 Å². The Kier molecular flexibility index (Phi) is 6.28. The Morgan fingerprint density at radius 3 is 2.85 bits per heavy atom. The monoisotopic (exact) mass is 377 g/mol. The van der Waals surface area contributed by atoms with Crippen LogP contribution in [0.15, 0.2) is 30.9 Å². The van der Waals surface area contributed by atoms with Crippen LogP contribution in [0.4, 0.5) is 20.6 Å². The average molecular weight is 377 g/mol. The van der Waals surface area contributed by atoms with E-state index in [9.17, 15) is 14.0 Å². The molecular weight excluding hydrogens is 353 g/mol. The van der Waals surface area contributed by atoms with E-state index in [1.54, 1.807) is 18.2 Å². The first-order chi connectivity index (χ1) is 13.1. The number of rotatable bonds is 7. The number of allylic oxidation sites excluding steroid dienone is 1. The normalized spacial score (nSPS) is 19.7. The van der Waals surface area contributed by atoms with Gasteiger partial charge >= 0.3 is 6.09 Å². The zero-order valence-electron chi connectivity index (χ0n) is 15.2. The van der Waals surface area contributed by atoms with Crippen LogP contribution in [-0.4, -0.2) is 57.5 Å². The number of nitrogens with one attached hydrogen (secondary N) is 1. The molecule has 0 aliphatic carbocycles. The number of hydrogen-bond donors (Lipinski definition) is 1. The fourth-order valence-electron chi connectivity index (χ4n) is 3.11. The Morgan fingerprint density at radius 1 is 1.37 bits per heavy atom. The van der Waals surface area contributed by atoms with E-state index < -0.39 is 12.2 Å². The third-order valence-electron chi connectivity index (χ3n) is 4.57. The van der Waals surface area contributed by atoms with Crippen LogP contribution in [-0.2, 0) is 14.3 Å². The zero-order valence-corrected chi connectivity index (χ0v) is 15.2. The molecule has 0 saturated carbocycles. The van der Waals surface area contributed by atoms with E-state index in [2.05, 4.69) is 11.9 Å². The highest BCUT2D eigenvalue weighted by Gasteiger charge is 2.33. The molecule has 2 heterocycles. The second-order valence-electron chi connectivity index (χ2n) is 6.48. The molecule has 1 aromatic carbocycles. The Balaban J connectivity index is 1.59. The van der Waals surface area contributed by atoms with Crippen molar-refractivity contribution in [2.75, 3.05) is 49.2 Å². The molecule has 2 fully saturated rings. The summed E-state index contributed by atoms with van der Waals surface area (Å²) in [6, 6.07) is 4.73. The summed E-state index contributed by atoms with van der Waals surface area (Å²) in [5.74, 6) is -0.506. The number of hydrogen-bond acceptors (Lipinski definition) is 5. The minimum atomic E-state index is -0.543. The topological polar surface area (TPSA) is 71.1 Å². The summed E-state index contributed by atoms with van der Waals surface area (Å²) in [6.45, 7) is 6.47. The van der Waals surface area contributed by atoms with Gasteiger partial charge in [-0.3, -0.25) is 9.69 Å². The van der Waals surface area contributed by atoms with Crippen LogP contribution < -0.4 is 15.1 Å². The number of benzene rings is 1. The lowest BCUT2D eigenvalue weighted by atomic mass is 10.2. The van der Waals surface area contributed by atoms with Gasteiger partial charge in [0.1, 0.15) is 11.9 Å². The molecule has 0 aromatic heterocycles. The molecule has 2 amide bonds. The molecule has 2 aliphatic heterocycles. The largest absolute Gasteiger partial charge is 0.442 e. The van der Waals surface area contributed by atoms with Gasteiger partial charge in [-0.15, -0.1) is 6.58 Å². The molecule has 2 aliphatic rings. The summed E-state index contributed by atoms with van der Waals surface area (Å²) in [5, 5.41) is 2.73. The molecule has 0 bridgehead atoms. The second-order valence-corrected chi connectivity index (χ2v) is 6.48. The third kappa shape index (κ3) is 4.77. The van der Waals surface area contributed by atoms with E-state index in [0.717, 1.165) is 0 Å². The van der Waals surface area contributed by atoms with Crippen molar-refractivity contribution in [3.63, 3.8) is 0 Å².